The molecule has 2 amide bonds. The highest BCUT2D eigenvalue weighted by Gasteiger charge is 2.27. The highest BCUT2D eigenvalue weighted by atomic mass is 32.2. The van der Waals surface area contributed by atoms with Gasteiger partial charge < -0.3 is 29.9 Å². The number of sulfonamides is 1. The van der Waals surface area contributed by atoms with Gasteiger partial charge in [0.05, 0.1) is 11.4 Å². The second-order valence-corrected chi connectivity index (χ2v) is 12.8. The van der Waals surface area contributed by atoms with Gasteiger partial charge >= 0.3 is 6.03 Å². The lowest BCUT2D eigenvalue weighted by molar-refractivity contribution is 0.174. The first-order valence-electron chi connectivity index (χ1n) is 14.7. The van der Waals surface area contributed by atoms with Crippen molar-refractivity contribution >= 4 is 33.1 Å². The van der Waals surface area contributed by atoms with E-state index in [2.05, 4.69) is 15.4 Å². The maximum Gasteiger partial charge on any atom is 0.319 e. The number of hydrogen-bond acceptors (Lipinski definition) is 7. The lowest BCUT2D eigenvalue weighted by Crippen LogP contribution is -2.47. The normalized spacial score (nSPS) is 17.1. The zero-order valence-electron chi connectivity index (χ0n) is 23.9. The van der Waals surface area contributed by atoms with Crippen molar-refractivity contribution in [2.75, 3.05) is 48.1 Å². The van der Waals surface area contributed by atoms with E-state index in [-0.39, 0.29) is 36.1 Å². The van der Waals surface area contributed by atoms with Crippen molar-refractivity contribution in [2.45, 2.75) is 49.6 Å². The van der Waals surface area contributed by atoms with E-state index in [1.807, 2.05) is 9.80 Å². The summed E-state index contributed by atoms with van der Waals surface area (Å²) in [6.45, 7) is 2.21. The molecule has 1 aliphatic carbocycles. The quantitative estimate of drug-likeness (QED) is 0.336. The number of ether oxygens (including phenoxy) is 2. The number of nitrogens with one attached hydrogen (secondary N) is 3. The van der Waals surface area contributed by atoms with Crippen molar-refractivity contribution < 1.29 is 27.1 Å². The molecule has 3 aromatic carbocycles. The highest BCUT2D eigenvalue weighted by Crippen LogP contribution is 2.34. The fraction of sp³-hybridized carbons (Fsp3) is 0.387. The van der Waals surface area contributed by atoms with Gasteiger partial charge in [0.2, 0.25) is 16.8 Å². The summed E-state index contributed by atoms with van der Waals surface area (Å²) in [6.07, 6.45) is 5.22. The smallest absolute Gasteiger partial charge is 0.319 e. The van der Waals surface area contributed by atoms with Crippen molar-refractivity contribution in [3.8, 4) is 11.5 Å². The topological polar surface area (TPSA) is 112 Å². The third-order valence-electron chi connectivity index (χ3n) is 8.16. The van der Waals surface area contributed by atoms with Crippen molar-refractivity contribution in [1.82, 2.24) is 10.0 Å². The third kappa shape index (κ3) is 6.80. The van der Waals surface area contributed by atoms with Gasteiger partial charge in [0.1, 0.15) is 10.7 Å². The average molecular weight is 610 g/mol. The molecule has 0 unspecified atom stereocenters. The SMILES string of the molecule is O=C(Nc1ccc(N2CCN(c3ccccc3F)CC2)c(S(=O)(=O)NCc2ccc3c(c2)OCO3)c1)NC1CCCCC1. The maximum absolute atomic E-state index is 14.4. The Bertz CT molecular complexity index is 1570. The zero-order valence-corrected chi connectivity index (χ0v) is 24.7. The number of rotatable bonds is 8. The predicted octanol–water partition coefficient (Wildman–Crippen LogP) is 4.81. The molecule has 10 nitrogen and oxygen atoms in total. The first-order chi connectivity index (χ1) is 20.9. The van der Waals surface area contributed by atoms with E-state index in [1.54, 1.807) is 48.5 Å². The first kappa shape index (κ1) is 29.1. The molecule has 0 radical (unpaired) electrons. The van der Waals surface area contributed by atoms with E-state index in [0.29, 0.717) is 60.3 Å². The molecule has 43 heavy (non-hydrogen) atoms. The lowest BCUT2D eigenvalue weighted by atomic mass is 9.96. The molecule has 0 bridgehead atoms. The van der Waals surface area contributed by atoms with Crippen molar-refractivity contribution in [3.63, 3.8) is 0 Å². The summed E-state index contributed by atoms with van der Waals surface area (Å²) < 4.78 is 55.5. The van der Waals surface area contributed by atoms with E-state index in [4.69, 9.17) is 9.47 Å². The number of fused-ring (bicyclic) bond motifs is 1. The molecule has 1 saturated carbocycles. The minimum absolute atomic E-state index is 0.0410. The summed E-state index contributed by atoms with van der Waals surface area (Å²) in [5.41, 5.74) is 2.15. The van der Waals surface area contributed by atoms with Crippen LogP contribution in [-0.2, 0) is 16.6 Å². The van der Waals surface area contributed by atoms with Gasteiger partial charge in [-0.15, -0.1) is 0 Å². The Labute approximate surface area is 251 Å². The molecule has 3 N–H and O–H groups in total. The Kier molecular flexibility index (Phi) is 8.57. The van der Waals surface area contributed by atoms with E-state index < -0.39 is 10.0 Å². The van der Waals surface area contributed by atoms with Gasteiger partial charge in [0.25, 0.3) is 0 Å². The van der Waals surface area contributed by atoms with Gasteiger partial charge in [0, 0.05) is 44.5 Å². The number of hydrogen-bond donors (Lipinski definition) is 3. The summed E-state index contributed by atoms with van der Waals surface area (Å²) in [5.74, 6) is 0.905. The summed E-state index contributed by atoms with van der Waals surface area (Å²) in [6, 6.07) is 16.6. The molecule has 0 aromatic heterocycles. The van der Waals surface area contributed by atoms with Crippen molar-refractivity contribution in [3.05, 3.63) is 72.0 Å². The minimum atomic E-state index is -4.02. The van der Waals surface area contributed by atoms with Crippen LogP contribution in [0.15, 0.2) is 65.6 Å². The lowest BCUT2D eigenvalue weighted by Gasteiger charge is -2.38. The highest BCUT2D eigenvalue weighted by molar-refractivity contribution is 7.89. The van der Waals surface area contributed by atoms with Crippen LogP contribution in [0.4, 0.5) is 26.2 Å². The van der Waals surface area contributed by atoms with Crippen LogP contribution in [-0.4, -0.2) is 53.5 Å². The first-order valence-corrected chi connectivity index (χ1v) is 16.2. The number of piperazine rings is 1. The second kappa shape index (κ2) is 12.7. The van der Waals surface area contributed by atoms with Crippen LogP contribution in [0.2, 0.25) is 0 Å². The molecule has 6 rings (SSSR count). The van der Waals surface area contributed by atoms with Crippen LogP contribution < -0.4 is 34.6 Å². The molecule has 1 saturated heterocycles. The number of amides is 2. The maximum atomic E-state index is 14.4. The Morgan fingerprint density at radius 3 is 2.35 bits per heavy atom. The van der Waals surface area contributed by atoms with Crippen LogP contribution in [0.5, 0.6) is 11.5 Å². The molecule has 0 spiro atoms. The van der Waals surface area contributed by atoms with E-state index in [1.165, 1.54) is 18.6 Å². The fourth-order valence-corrected chi connectivity index (χ4v) is 7.14. The molecular weight excluding hydrogens is 573 g/mol. The van der Waals surface area contributed by atoms with Crippen molar-refractivity contribution in [2.24, 2.45) is 0 Å². The Balaban J connectivity index is 1.21. The van der Waals surface area contributed by atoms with E-state index in [0.717, 1.165) is 25.7 Å². The van der Waals surface area contributed by atoms with Crippen LogP contribution >= 0.6 is 0 Å². The summed E-state index contributed by atoms with van der Waals surface area (Å²) in [4.78, 5) is 16.8. The number of carbonyl (C=O) groups excluding carboxylic acids is 1. The molecule has 2 fully saturated rings. The van der Waals surface area contributed by atoms with Gasteiger partial charge in [-0.25, -0.2) is 22.3 Å². The monoisotopic (exact) mass is 609 g/mol. The van der Waals surface area contributed by atoms with E-state index in [9.17, 15) is 17.6 Å². The second-order valence-electron chi connectivity index (χ2n) is 11.1. The van der Waals surface area contributed by atoms with Crippen molar-refractivity contribution in [1.29, 1.82) is 0 Å². The Morgan fingerprint density at radius 1 is 0.860 bits per heavy atom. The number of halogens is 1. The number of urea groups is 1. The standard InChI is InChI=1S/C31H36FN5O5S/c32-25-8-4-5-9-26(25)36-14-16-37(17-15-36)27-12-11-24(35-31(38)34-23-6-2-1-3-7-23)19-30(27)43(39,40)33-20-22-10-13-28-29(18-22)42-21-41-28/h4-5,8-13,18-19,23,33H,1-3,6-7,14-17,20-21H2,(H2,34,35,38). The molecule has 0 atom stereocenters. The Hall–Kier alpha value is -4.03. The molecule has 3 aromatic rings. The number of para-hydroxylation sites is 1. The van der Waals surface area contributed by atoms with Gasteiger partial charge in [0.15, 0.2) is 11.5 Å². The molecule has 228 valence electrons. The molecular formula is C31H36FN5O5S. The van der Waals surface area contributed by atoms with Gasteiger partial charge in [-0.2, -0.15) is 0 Å². The summed E-state index contributed by atoms with van der Waals surface area (Å²) >= 11 is 0. The molecule has 2 aliphatic heterocycles. The zero-order chi connectivity index (χ0) is 29.8. The number of nitrogens with zero attached hydrogens (tertiary/aromatic N) is 2. The minimum Gasteiger partial charge on any atom is -0.454 e. The molecule has 2 heterocycles. The van der Waals surface area contributed by atoms with Crippen LogP contribution in [0.25, 0.3) is 0 Å². The van der Waals surface area contributed by atoms with Crippen LogP contribution in [0.1, 0.15) is 37.7 Å². The largest absolute Gasteiger partial charge is 0.454 e. The van der Waals surface area contributed by atoms with E-state index >= 15 is 0 Å². The van der Waals surface area contributed by atoms with Gasteiger partial charge in [-0.1, -0.05) is 37.5 Å². The Morgan fingerprint density at radius 2 is 1.58 bits per heavy atom. The predicted molar refractivity (Wildman–Crippen MR) is 163 cm³/mol. The average Bonchev–Trinajstić information content (AvgIpc) is 3.49. The van der Waals surface area contributed by atoms with Crippen LogP contribution in [0, 0.1) is 5.82 Å². The molecule has 3 aliphatic rings. The van der Waals surface area contributed by atoms with Gasteiger partial charge in [-0.05, 0) is 60.9 Å². The third-order valence-corrected chi connectivity index (χ3v) is 9.59. The molecule has 12 heteroatoms. The van der Waals surface area contributed by atoms with Gasteiger partial charge in [-0.3, -0.25) is 0 Å². The number of benzene rings is 3. The van der Waals surface area contributed by atoms with Crippen LogP contribution in [0.3, 0.4) is 0 Å². The fourth-order valence-electron chi connectivity index (χ4n) is 5.87. The number of anilines is 3. The summed E-state index contributed by atoms with van der Waals surface area (Å²) in [7, 11) is -4.02. The summed E-state index contributed by atoms with van der Waals surface area (Å²) in [5, 5.41) is 5.84. The number of carbonyl (C=O) groups is 1.